The maximum Gasteiger partial charge on any atom is 0.342 e. The second-order valence-electron chi connectivity index (χ2n) is 5.62. The zero-order valence-corrected chi connectivity index (χ0v) is 13.3. The molecule has 0 aliphatic heterocycles. The van der Waals surface area contributed by atoms with Gasteiger partial charge in [0.15, 0.2) is 0 Å². The van der Waals surface area contributed by atoms with E-state index < -0.39 is 22.8 Å². The quantitative estimate of drug-likeness (QED) is 0.770. The van der Waals surface area contributed by atoms with E-state index in [0.29, 0.717) is 0 Å². The summed E-state index contributed by atoms with van der Waals surface area (Å²) in [5, 5.41) is 9.31. The summed E-state index contributed by atoms with van der Waals surface area (Å²) >= 11 is 0. The van der Waals surface area contributed by atoms with Gasteiger partial charge in [-0.05, 0) is 11.1 Å². The van der Waals surface area contributed by atoms with Crippen LogP contribution in [0, 0.1) is 0 Å². The molecule has 0 aliphatic rings. The van der Waals surface area contributed by atoms with Gasteiger partial charge in [0.2, 0.25) is 0 Å². The Morgan fingerprint density at radius 3 is 1.88 bits per heavy atom. The van der Waals surface area contributed by atoms with Crippen LogP contribution in [0.1, 0.15) is 21.5 Å². The molecule has 1 aromatic heterocycles. The number of carboxylic acid groups (broad SMARTS) is 1. The molecule has 3 aromatic rings. The van der Waals surface area contributed by atoms with E-state index in [2.05, 4.69) is 0 Å². The number of rotatable bonds is 5. The Balaban J connectivity index is 2.11. The summed E-state index contributed by atoms with van der Waals surface area (Å²) in [5.41, 5.74) is -0.179. The Kier molecular flexibility index (Phi) is 4.61. The molecule has 2 aromatic carbocycles. The summed E-state index contributed by atoms with van der Waals surface area (Å²) in [6.07, 6.45) is 1.11. The Morgan fingerprint density at radius 1 is 0.840 bits per heavy atom. The normalized spacial score (nSPS) is 10.6. The fourth-order valence-electron chi connectivity index (χ4n) is 2.60. The summed E-state index contributed by atoms with van der Waals surface area (Å²) in [6, 6.07) is 18.2. The lowest BCUT2D eigenvalue weighted by Gasteiger charge is -2.12. The summed E-state index contributed by atoms with van der Waals surface area (Å²) in [5.74, 6) is -1.35. The monoisotopic (exact) mass is 336 g/mol. The van der Waals surface area contributed by atoms with Crippen molar-refractivity contribution in [2.45, 2.75) is 13.1 Å². The lowest BCUT2D eigenvalue weighted by Crippen LogP contribution is -2.42. The highest BCUT2D eigenvalue weighted by atomic mass is 16.4. The first-order valence-electron chi connectivity index (χ1n) is 7.71. The Hall–Kier alpha value is -3.41. The second kappa shape index (κ2) is 7.00. The number of carbonyl (C=O) groups is 1. The van der Waals surface area contributed by atoms with Crippen molar-refractivity contribution in [1.29, 1.82) is 0 Å². The van der Waals surface area contributed by atoms with Gasteiger partial charge in [0.05, 0.1) is 13.1 Å². The number of hydrogen-bond donors (Lipinski definition) is 1. The third kappa shape index (κ3) is 3.58. The van der Waals surface area contributed by atoms with Gasteiger partial charge < -0.3 is 5.11 Å². The van der Waals surface area contributed by atoms with Gasteiger partial charge in [-0.15, -0.1) is 0 Å². The molecule has 0 atom stereocenters. The number of nitrogens with zero attached hydrogens (tertiary/aromatic N) is 2. The molecule has 0 saturated carbocycles. The molecule has 1 heterocycles. The lowest BCUT2D eigenvalue weighted by molar-refractivity contribution is 0.0692. The first-order valence-corrected chi connectivity index (χ1v) is 7.71. The van der Waals surface area contributed by atoms with Crippen LogP contribution in [0.25, 0.3) is 0 Å². The standard InChI is InChI=1S/C19H16N2O4/c22-17-16(18(23)24)13-20(11-14-7-3-1-4-8-14)19(25)21(17)12-15-9-5-2-6-10-15/h1-10,13H,11-12H2,(H,23,24). The lowest BCUT2D eigenvalue weighted by atomic mass is 10.2. The molecule has 0 spiro atoms. The molecule has 0 fully saturated rings. The minimum atomic E-state index is -1.35. The molecule has 0 unspecified atom stereocenters. The van der Waals surface area contributed by atoms with Crippen LogP contribution in [0.5, 0.6) is 0 Å². The first-order chi connectivity index (χ1) is 12.1. The number of carboxylic acids is 1. The zero-order valence-electron chi connectivity index (χ0n) is 13.3. The molecule has 0 bridgehead atoms. The van der Waals surface area contributed by atoms with Crippen LogP contribution in [0.4, 0.5) is 0 Å². The maximum atomic E-state index is 12.7. The highest BCUT2D eigenvalue weighted by Gasteiger charge is 2.17. The molecule has 126 valence electrons. The van der Waals surface area contributed by atoms with Gasteiger partial charge in [0.25, 0.3) is 5.56 Å². The van der Waals surface area contributed by atoms with Gasteiger partial charge in [-0.25, -0.2) is 9.59 Å². The minimum Gasteiger partial charge on any atom is -0.477 e. The fraction of sp³-hybridized carbons (Fsp3) is 0.105. The SMILES string of the molecule is O=C(O)c1cn(Cc2ccccc2)c(=O)n(Cc2ccccc2)c1=O. The topological polar surface area (TPSA) is 81.3 Å². The van der Waals surface area contributed by atoms with Crippen LogP contribution in [0.15, 0.2) is 76.4 Å². The van der Waals surface area contributed by atoms with E-state index >= 15 is 0 Å². The van der Waals surface area contributed by atoms with Crippen LogP contribution >= 0.6 is 0 Å². The Morgan fingerprint density at radius 2 is 1.36 bits per heavy atom. The van der Waals surface area contributed by atoms with Gasteiger partial charge in [-0.1, -0.05) is 60.7 Å². The molecule has 0 saturated heterocycles. The van der Waals surface area contributed by atoms with E-state index in [1.165, 1.54) is 4.57 Å². The average molecular weight is 336 g/mol. The number of benzene rings is 2. The predicted octanol–water partition coefficient (Wildman–Crippen LogP) is 1.80. The van der Waals surface area contributed by atoms with Gasteiger partial charge in [-0.3, -0.25) is 13.9 Å². The Bertz CT molecular complexity index is 1010. The van der Waals surface area contributed by atoms with Gasteiger partial charge >= 0.3 is 11.7 Å². The van der Waals surface area contributed by atoms with Gasteiger partial charge in [0, 0.05) is 6.20 Å². The van der Waals surface area contributed by atoms with E-state index in [-0.39, 0.29) is 13.1 Å². The van der Waals surface area contributed by atoms with Crippen LogP contribution in [-0.4, -0.2) is 20.2 Å². The van der Waals surface area contributed by atoms with Crippen LogP contribution in [-0.2, 0) is 13.1 Å². The number of aromatic nitrogens is 2. The predicted molar refractivity (Wildman–Crippen MR) is 93.0 cm³/mol. The van der Waals surface area contributed by atoms with Crippen molar-refractivity contribution in [2.24, 2.45) is 0 Å². The number of hydrogen-bond acceptors (Lipinski definition) is 3. The zero-order chi connectivity index (χ0) is 17.8. The molecule has 6 heteroatoms. The smallest absolute Gasteiger partial charge is 0.342 e. The summed E-state index contributed by atoms with van der Waals surface area (Å²) in [4.78, 5) is 36.5. The summed E-state index contributed by atoms with van der Waals surface area (Å²) in [7, 11) is 0. The second-order valence-corrected chi connectivity index (χ2v) is 5.62. The fourth-order valence-corrected chi connectivity index (χ4v) is 2.60. The molecular weight excluding hydrogens is 320 g/mol. The van der Waals surface area contributed by atoms with Crippen molar-refractivity contribution in [3.05, 3.63) is 104 Å². The van der Waals surface area contributed by atoms with E-state index in [0.717, 1.165) is 21.9 Å². The number of aromatic carboxylic acids is 1. The molecule has 3 rings (SSSR count). The van der Waals surface area contributed by atoms with Crippen molar-refractivity contribution >= 4 is 5.97 Å². The molecule has 0 amide bonds. The van der Waals surface area contributed by atoms with E-state index in [9.17, 15) is 19.5 Å². The maximum absolute atomic E-state index is 12.7. The molecular formula is C19H16N2O4. The molecule has 6 nitrogen and oxygen atoms in total. The largest absolute Gasteiger partial charge is 0.477 e. The minimum absolute atomic E-state index is 0.0222. The van der Waals surface area contributed by atoms with Crippen molar-refractivity contribution in [3.8, 4) is 0 Å². The summed E-state index contributed by atoms with van der Waals surface area (Å²) in [6.45, 7) is 0.212. The molecule has 0 radical (unpaired) electrons. The van der Waals surface area contributed by atoms with Crippen molar-refractivity contribution in [3.63, 3.8) is 0 Å². The average Bonchev–Trinajstić information content (AvgIpc) is 2.62. The van der Waals surface area contributed by atoms with Gasteiger partial charge in [0.1, 0.15) is 5.56 Å². The highest BCUT2D eigenvalue weighted by molar-refractivity contribution is 5.86. The van der Waals surface area contributed by atoms with Crippen LogP contribution in [0.2, 0.25) is 0 Å². The van der Waals surface area contributed by atoms with Gasteiger partial charge in [-0.2, -0.15) is 0 Å². The van der Waals surface area contributed by atoms with E-state index in [4.69, 9.17) is 0 Å². The third-order valence-corrected chi connectivity index (χ3v) is 3.85. The highest BCUT2D eigenvalue weighted by Crippen LogP contribution is 2.03. The van der Waals surface area contributed by atoms with E-state index in [1.807, 2.05) is 36.4 Å². The first kappa shape index (κ1) is 16.4. The van der Waals surface area contributed by atoms with Crippen molar-refractivity contribution in [2.75, 3.05) is 0 Å². The molecule has 0 aliphatic carbocycles. The molecule has 25 heavy (non-hydrogen) atoms. The Labute approximate surface area is 143 Å². The van der Waals surface area contributed by atoms with Crippen LogP contribution < -0.4 is 11.2 Å². The third-order valence-electron chi connectivity index (χ3n) is 3.85. The van der Waals surface area contributed by atoms with Crippen molar-refractivity contribution < 1.29 is 9.90 Å². The van der Waals surface area contributed by atoms with Crippen LogP contribution in [0.3, 0.4) is 0 Å². The van der Waals surface area contributed by atoms with E-state index in [1.54, 1.807) is 24.3 Å². The van der Waals surface area contributed by atoms with Crippen molar-refractivity contribution in [1.82, 2.24) is 9.13 Å². The summed E-state index contributed by atoms with van der Waals surface area (Å²) < 4.78 is 2.21. The molecule has 1 N–H and O–H groups in total.